The number of rotatable bonds is 6. The molecule has 0 amide bonds. The highest BCUT2D eigenvalue weighted by molar-refractivity contribution is 7.99. The Hall–Kier alpha value is -5.70. The monoisotopic (exact) mass is 966 g/mol. The minimum atomic E-state index is -6.81. The number of carbonyl (C=O) groups excluding carboxylic acids is 3. The molecule has 1 unspecified atom stereocenters. The summed E-state index contributed by atoms with van der Waals surface area (Å²) in [6, 6.07) is 2.67. The van der Waals surface area contributed by atoms with Crippen LogP contribution in [-0.4, -0.2) is 116 Å². The quantitative estimate of drug-likeness (QED) is 0.166. The molecule has 0 radical (unpaired) electrons. The number of methoxy groups -OCH3 is 2. The molecule has 0 aromatic heterocycles. The molecule has 2 N–H and O–H groups in total. The van der Waals surface area contributed by atoms with E-state index in [0.29, 0.717) is 34.2 Å². The summed E-state index contributed by atoms with van der Waals surface area (Å²) in [6.07, 6.45) is -6.47. The molecule has 1 spiro atoms. The van der Waals surface area contributed by atoms with Crippen molar-refractivity contribution < 1.29 is 83.4 Å². The summed E-state index contributed by atoms with van der Waals surface area (Å²) in [6.45, 7) is 4.03. The number of fused-ring (bicyclic) bond motifs is 9. The highest BCUT2D eigenvalue weighted by atomic mass is 32.2. The lowest BCUT2D eigenvalue weighted by atomic mass is 9.71. The number of aromatic hydroxyl groups is 1. The van der Waals surface area contributed by atoms with E-state index in [9.17, 15) is 55.5 Å². The number of phenols is 1. The van der Waals surface area contributed by atoms with Gasteiger partial charge in [-0.15, -0.1) is 11.8 Å². The highest BCUT2D eigenvalue weighted by Crippen LogP contribution is 2.65. The van der Waals surface area contributed by atoms with E-state index < -0.39 is 95.0 Å². The molecule has 3 aromatic rings. The maximum absolute atomic E-state index is 15.0. The Bertz CT molecular complexity index is 2680. The molecular weight excluding hydrogens is 926 g/mol. The lowest BCUT2D eigenvalue weighted by molar-refractivity contribution is -0.346. The fourth-order valence-electron chi connectivity index (χ4n) is 10.7. The number of likely N-dealkylation sites (N-methyl/N-ethyl adjacent to an activating group) is 1. The van der Waals surface area contributed by atoms with Gasteiger partial charge in [0.05, 0.1) is 37.6 Å². The van der Waals surface area contributed by atoms with Gasteiger partial charge in [-0.3, -0.25) is 19.9 Å². The number of hydrogen-bond donors (Lipinski definition) is 2. The first kappa shape index (κ1) is 46.4. The number of esters is 3. The number of aryl methyl sites for hydroxylation is 1. The number of phenolic OH excluding ortho intramolecular Hbond substituents is 1. The first-order chi connectivity index (χ1) is 31.6. The summed E-state index contributed by atoms with van der Waals surface area (Å²) in [7, 11) is 4.27. The van der Waals surface area contributed by atoms with Gasteiger partial charge in [0.1, 0.15) is 18.4 Å². The molecule has 4 bridgehead atoms. The van der Waals surface area contributed by atoms with E-state index in [2.05, 4.69) is 16.1 Å². The standard InChI is InChI=1S/C44H41F7N4O11S/c1-17-9-21-10-23-24(13-52)55-25-14-62-39(58)41(22-12-26(60-5)27(11-20(22)7-8-53-41)66-40(59)42(45,46)43(47,48)44(49,50)51)15-67-38(32(55)31(54(23)4)28(21)33(57)34(17)61-6)30-29(25)37-36(63-16-64-37)18(2)35(30)65-19(3)56/h9,11-12,23-25,31-32,38,53,57H,7-8,10,14-16H2,1-6H3/t23-,24-,25-,31-,32?,38+,41+/m0/s1. The lowest BCUT2D eigenvalue weighted by Gasteiger charge is -2.62. The van der Waals surface area contributed by atoms with Gasteiger partial charge < -0.3 is 38.3 Å². The van der Waals surface area contributed by atoms with Crippen LogP contribution in [0.15, 0.2) is 18.2 Å². The van der Waals surface area contributed by atoms with Gasteiger partial charge in [-0.2, -0.15) is 36.0 Å². The van der Waals surface area contributed by atoms with Crippen molar-refractivity contribution in [3.63, 3.8) is 0 Å². The molecule has 15 nitrogen and oxygen atoms in total. The number of nitriles is 1. The first-order valence-corrected chi connectivity index (χ1v) is 21.8. The van der Waals surface area contributed by atoms with E-state index in [0.717, 1.165) is 24.8 Å². The molecule has 358 valence electrons. The summed E-state index contributed by atoms with van der Waals surface area (Å²) in [5.41, 5.74) is 1.67. The molecule has 67 heavy (non-hydrogen) atoms. The van der Waals surface area contributed by atoms with Crippen LogP contribution in [0.25, 0.3) is 0 Å². The fraction of sp³-hybridized carbons (Fsp3) is 0.500. The second-order valence-electron chi connectivity index (χ2n) is 17.1. The number of hydrogen-bond acceptors (Lipinski definition) is 16. The van der Waals surface area contributed by atoms with E-state index in [1.165, 1.54) is 25.8 Å². The zero-order chi connectivity index (χ0) is 48.4. The van der Waals surface area contributed by atoms with E-state index in [-0.39, 0.29) is 65.4 Å². The normalized spacial score (nSPS) is 26.6. The van der Waals surface area contributed by atoms with Crippen molar-refractivity contribution in [2.24, 2.45) is 0 Å². The Morgan fingerprint density at radius 3 is 2.33 bits per heavy atom. The minimum Gasteiger partial charge on any atom is -0.504 e. The first-order valence-electron chi connectivity index (χ1n) is 20.8. The van der Waals surface area contributed by atoms with Crippen molar-refractivity contribution in [1.82, 2.24) is 15.1 Å². The topological polar surface area (TPSA) is 178 Å². The summed E-state index contributed by atoms with van der Waals surface area (Å²) in [5.74, 6) is -18.8. The van der Waals surface area contributed by atoms with Crippen LogP contribution < -0.4 is 33.7 Å². The maximum atomic E-state index is 15.0. The summed E-state index contributed by atoms with van der Waals surface area (Å²) >= 11 is 1.19. The van der Waals surface area contributed by atoms with Gasteiger partial charge in [-0.1, -0.05) is 6.07 Å². The second kappa shape index (κ2) is 16.0. The third-order valence-corrected chi connectivity index (χ3v) is 15.1. The highest BCUT2D eigenvalue weighted by Gasteiger charge is 2.77. The van der Waals surface area contributed by atoms with Gasteiger partial charge in [-0.05, 0) is 68.1 Å². The number of halogens is 7. The van der Waals surface area contributed by atoms with Crippen LogP contribution in [-0.2, 0) is 37.5 Å². The predicted octanol–water partition coefficient (Wildman–Crippen LogP) is 6.02. The number of nitrogens with zero attached hydrogens (tertiary/aromatic N) is 3. The largest absolute Gasteiger partial charge is 0.504 e. The Morgan fingerprint density at radius 1 is 0.955 bits per heavy atom. The number of alkyl halides is 7. The van der Waals surface area contributed by atoms with E-state index in [1.807, 2.05) is 22.9 Å². The molecule has 2 saturated heterocycles. The SMILES string of the molecule is COc1cc2c(cc1OC(=O)C(F)(F)C(F)(F)C(F)(F)F)CCN[C@]21CS[C@@H]2c3c(OC(C)=O)c(C)c4c(c3[C@H](COC1=O)N1C2[C@@H]2c3c(cc(C)c(OC)c3O)C[C@@H]([C@@H]1C#N)N2C)OCO4. The van der Waals surface area contributed by atoms with Gasteiger partial charge in [0, 0.05) is 53.6 Å². The molecular formula is C44H41F7N4O11S. The Labute approximate surface area is 381 Å². The molecule has 23 heteroatoms. The molecule has 7 heterocycles. The Morgan fingerprint density at radius 2 is 1.67 bits per heavy atom. The maximum Gasteiger partial charge on any atom is 0.460 e. The summed E-state index contributed by atoms with van der Waals surface area (Å²) in [4.78, 5) is 44.4. The van der Waals surface area contributed by atoms with Gasteiger partial charge in [-0.25, -0.2) is 9.59 Å². The smallest absolute Gasteiger partial charge is 0.460 e. The Balaban J connectivity index is 1.24. The molecule has 3 aromatic carbocycles. The van der Waals surface area contributed by atoms with Crippen molar-refractivity contribution in [2.75, 3.05) is 47.0 Å². The minimum absolute atomic E-state index is 0.00133. The molecule has 10 rings (SSSR count). The summed E-state index contributed by atoms with van der Waals surface area (Å²) in [5, 5.41) is 25.6. The number of benzene rings is 3. The van der Waals surface area contributed by atoms with Crippen LogP contribution in [0.5, 0.6) is 40.2 Å². The van der Waals surface area contributed by atoms with Crippen LogP contribution in [0, 0.1) is 25.2 Å². The third-order valence-electron chi connectivity index (χ3n) is 13.6. The number of nitrogens with one attached hydrogen (secondary N) is 1. The molecule has 2 fully saturated rings. The average molecular weight is 967 g/mol. The van der Waals surface area contributed by atoms with Crippen LogP contribution in [0.1, 0.15) is 68.8 Å². The van der Waals surface area contributed by atoms with Gasteiger partial charge >= 0.3 is 35.9 Å². The van der Waals surface area contributed by atoms with Crippen molar-refractivity contribution in [3.05, 3.63) is 62.7 Å². The molecule has 7 aliphatic rings. The number of thioether (sulfide) groups is 1. The second-order valence-corrected chi connectivity index (χ2v) is 18.2. The van der Waals surface area contributed by atoms with Gasteiger partial charge in [0.25, 0.3) is 0 Å². The molecule has 7 aliphatic heterocycles. The Kier molecular flexibility index (Phi) is 11.0. The zero-order valence-corrected chi connectivity index (χ0v) is 37.2. The van der Waals surface area contributed by atoms with Crippen LogP contribution in [0.2, 0.25) is 0 Å². The van der Waals surface area contributed by atoms with Gasteiger partial charge in [0.2, 0.25) is 6.79 Å². The number of ether oxygens (including phenoxy) is 7. The summed E-state index contributed by atoms with van der Waals surface area (Å²) < 4.78 is 136. The van der Waals surface area contributed by atoms with Gasteiger partial charge in [0.15, 0.2) is 40.0 Å². The van der Waals surface area contributed by atoms with E-state index >= 15 is 0 Å². The predicted molar refractivity (Wildman–Crippen MR) is 218 cm³/mol. The molecule has 7 atom stereocenters. The van der Waals surface area contributed by atoms with E-state index in [4.69, 9.17) is 28.4 Å². The molecule has 0 saturated carbocycles. The third kappa shape index (κ3) is 6.59. The van der Waals surface area contributed by atoms with Crippen LogP contribution in [0.4, 0.5) is 30.7 Å². The lowest BCUT2D eigenvalue weighted by Crippen LogP contribution is -2.69. The van der Waals surface area contributed by atoms with Crippen molar-refractivity contribution in [2.45, 2.75) is 92.6 Å². The number of piperazine rings is 1. The molecule has 0 aliphatic carbocycles. The van der Waals surface area contributed by atoms with Crippen LogP contribution >= 0.6 is 11.8 Å². The van der Waals surface area contributed by atoms with E-state index in [1.54, 1.807) is 13.8 Å². The van der Waals surface area contributed by atoms with Crippen LogP contribution in [0.3, 0.4) is 0 Å². The average Bonchev–Trinajstić information content (AvgIpc) is 3.76. The van der Waals surface area contributed by atoms with Crippen molar-refractivity contribution in [3.8, 4) is 46.3 Å². The zero-order valence-electron chi connectivity index (χ0n) is 36.4. The van der Waals surface area contributed by atoms with Crippen molar-refractivity contribution in [1.29, 1.82) is 5.26 Å². The fourth-order valence-corrected chi connectivity index (χ4v) is 12.4. The van der Waals surface area contributed by atoms with Crippen molar-refractivity contribution >= 4 is 29.7 Å². The number of carbonyl (C=O) groups is 3.